The van der Waals surface area contributed by atoms with Gasteiger partial charge in [0.25, 0.3) is 0 Å². The third-order valence-corrected chi connectivity index (χ3v) is 4.81. The van der Waals surface area contributed by atoms with E-state index < -0.39 is 0 Å². The van der Waals surface area contributed by atoms with Gasteiger partial charge in [-0.05, 0) is 12.1 Å². The van der Waals surface area contributed by atoms with Crippen molar-refractivity contribution in [2.45, 2.75) is 11.6 Å². The van der Waals surface area contributed by atoms with Crippen LogP contribution in [0.5, 0.6) is 0 Å². The number of amides is 1. The molecule has 0 bridgehead atoms. The van der Waals surface area contributed by atoms with Crippen LogP contribution >= 0.6 is 11.8 Å². The van der Waals surface area contributed by atoms with Crippen LogP contribution in [0.25, 0.3) is 16.6 Å². The first-order chi connectivity index (χ1) is 11.8. The SMILES string of the molecule is O=C(CCSc1nc2c3ccccc3ncn2n1)N1CCOCC1. The molecule has 3 heterocycles. The summed E-state index contributed by atoms with van der Waals surface area (Å²) in [7, 11) is 0. The Hall–Kier alpha value is -2.19. The van der Waals surface area contributed by atoms with Crippen LogP contribution in [0.4, 0.5) is 0 Å². The number of para-hydroxylation sites is 1. The average Bonchev–Trinajstić information content (AvgIpc) is 3.06. The Morgan fingerprint density at radius 3 is 2.96 bits per heavy atom. The maximum atomic E-state index is 12.1. The molecule has 124 valence electrons. The van der Waals surface area contributed by atoms with Crippen LogP contribution < -0.4 is 0 Å². The van der Waals surface area contributed by atoms with Crippen molar-refractivity contribution in [3.05, 3.63) is 30.6 Å². The van der Waals surface area contributed by atoms with Crippen molar-refractivity contribution in [2.24, 2.45) is 0 Å². The molecule has 4 rings (SSSR count). The Kier molecular flexibility index (Phi) is 4.31. The predicted octanol–water partition coefficient (Wildman–Crippen LogP) is 1.62. The molecule has 3 aromatic rings. The summed E-state index contributed by atoms with van der Waals surface area (Å²) in [6.07, 6.45) is 2.16. The highest BCUT2D eigenvalue weighted by Crippen LogP contribution is 2.20. The van der Waals surface area contributed by atoms with E-state index in [4.69, 9.17) is 4.74 Å². The molecule has 1 amide bonds. The Bertz CT molecular complexity index is 875. The van der Waals surface area contributed by atoms with Crippen LogP contribution in [0.1, 0.15) is 6.42 Å². The molecule has 8 heteroatoms. The van der Waals surface area contributed by atoms with E-state index in [0.29, 0.717) is 43.6 Å². The van der Waals surface area contributed by atoms with E-state index in [9.17, 15) is 4.79 Å². The molecular weight excluding hydrogens is 326 g/mol. The second-order valence-corrected chi connectivity index (χ2v) is 6.58. The molecular formula is C16H17N5O2S. The molecule has 0 radical (unpaired) electrons. The van der Waals surface area contributed by atoms with E-state index in [2.05, 4.69) is 15.1 Å². The van der Waals surface area contributed by atoms with Gasteiger partial charge in [0.05, 0.1) is 18.7 Å². The summed E-state index contributed by atoms with van der Waals surface area (Å²) in [5, 5.41) is 6.08. The summed E-state index contributed by atoms with van der Waals surface area (Å²) in [4.78, 5) is 22.9. The monoisotopic (exact) mass is 343 g/mol. The minimum absolute atomic E-state index is 0.168. The lowest BCUT2D eigenvalue weighted by molar-refractivity contribution is -0.134. The Morgan fingerprint density at radius 2 is 2.08 bits per heavy atom. The van der Waals surface area contributed by atoms with Crippen LogP contribution in [0.15, 0.2) is 35.7 Å². The first-order valence-electron chi connectivity index (χ1n) is 7.90. The third kappa shape index (κ3) is 3.07. The fourth-order valence-corrected chi connectivity index (χ4v) is 3.48. The zero-order valence-corrected chi connectivity index (χ0v) is 13.9. The first-order valence-corrected chi connectivity index (χ1v) is 8.88. The van der Waals surface area contributed by atoms with Crippen LogP contribution in [-0.2, 0) is 9.53 Å². The smallest absolute Gasteiger partial charge is 0.223 e. The van der Waals surface area contributed by atoms with Gasteiger partial charge in [0.1, 0.15) is 6.33 Å². The highest BCUT2D eigenvalue weighted by atomic mass is 32.2. The van der Waals surface area contributed by atoms with Gasteiger partial charge < -0.3 is 9.64 Å². The van der Waals surface area contributed by atoms with E-state index >= 15 is 0 Å². The maximum Gasteiger partial charge on any atom is 0.223 e. The molecule has 0 spiro atoms. The van der Waals surface area contributed by atoms with E-state index in [1.807, 2.05) is 29.2 Å². The molecule has 0 saturated carbocycles. The fourth-order valence-electron chi connectivity index (χ4n) is 2.72. The largest absolute Gasteiger partial charge is 0.378 e. The minimum Gasteiger partial charge on any atom is -0.378 e. The zero-order valence-electron chi connectivity index (χ0n) is 13.1. The van der Waals surface area contributed by atoms with Gasteiger partial charge in [0.2, 0.25) is 11.1 Å². The third-order valence-electron chi connectivity index (χ3n) is 3.97. The van der Waals surface area contributed by atoms with E-state index in [0.717, 1.165) is 16.6 Å². The number of aromatic nitrogens is 4. The van der Waals surface area contributed by atoms with Gasteiger partial charge in [-0.15, -0.1) is 5.10 Å². The topological polar surface area (TPSA) is 72.6 Å². The fraction of sp³-hybridized carbons (Fsp3) is 0.375. The van der Waals surface area contributed by atoms with Crippen molar-refractivity contribution in [1.82, 2.24) is 24.5 Å². The van der Waals surface area contributed by atoms with Crippen molar-refractivity contribution in [3.8, 4) is 0 Å². The summed E-state index contributed by atoms with van der Waals surface area (Å²) in [6.45, 7) is 2.64. The average molecular weight is 343 g/mol. The second-order valence-electron chi connectivity index (χ2n) is 5.52. The lowest BCUT2D eigenvalue weighted by Crippen LogP contribution is -2.40. The molecule has 7 nitrogen and oxygen atoms in total. The number of carbonyl (C=O) groups excluding carboxylic acids is 1. The van der Waals surface area contributed by atoms with Gasteiger partial charge in [-0.1, -0.05) is 23.9 Å². The lowest BCUT2D eigenvalue weighted by atomic mass is 10.2. The molecule has 1 saturated heterocycles. The van der Waals surface area contributed by atoms with Crippen molar-refractivity contribution in [1.29, 1.82) is 0 Å². The molecule has 0 N–H and O–H groups in total. The van der Waals surface area contributed by atoms with Crippen LogP contribution in [0.2, 0.25) is 0 Å². The van der Waals surface area contributed by atoms with Crippen molar-refractivity contribution in [2.75, 3.05) is 32.1 Å². The number of morpholine rings is 1. The Labute approximate surface area is 143 Å². The normalized spacial score (nSPS) is 15.2. The van der Waals surface area contributed by atoms with Gasteiger partial charge >= 0.3 is 0 Å². The van der Waals surface area contributed by atoms with Gasteiger partial charge in [0, 0.05) is 30.6 Å². The number of thioether (sulfide) groups is 1. The van der Waals surface area contributed by atoms with Crippen molar-refractivity contribution in [3.63, 3.8) is 0 Å². The summed E-state index contributed by atoms with van der Waals surface area (Å²) in [6, 6.07) is 7.86. The van der Waals surface area contributed by atoms with Crippen LogP contribution in [0, 0.1) is 0 Å². The number of hydrogen-bond acceptors (Lipinski definition) is 6. The molecule has 0 atom stereocenters. The van der Waals surface area contributed by atoms with Crippen LogP contribution in [0.3, 0.4) is 0 Å². The van der Waals surface area contributed by atoms with E-state index in [1.165, 1.54) is 11.8 Å². The molecule has 0 aliphatic carbocycles. The second kappa shape index (κ2) is 6.74. The van der Waals surface area contributed by atoms with Gasteiger partial charge in [0.15, 0.2) is 5.65 Å². The molecule has 24 heavy (non-hydrogen) atoms. The minimum atomic E-state index is 0.168. The van der Waals surface area contributed by atoms with Gasteiger partial charge in [-0.2, -0.15) is 0 Å². The standard InChI is InChI=1S/C16H17N5O2S/c22-14(20-6-8-23-9-7-20)5-10-24-16-18-15-12-3-1-2-4-13(12)17-11-21(15)19-16/h1-4,11H,5-10H2. The molecule has 1 aliphatic heterocycles. The highest BCUT2D eigenvalue weighted by Gasteiger charge is 2.17. The summed E-state index contributed by atoms with van der Waals surface area (Å²) in [5.74, 6) is 0.833. The molecule has 2 aromatic heterocycles. The van der Waals surface area contributed by atoms with Crippen molar-refractivity contribution >= 4 is 34.2 Å². The van der Waals surface area contributed by atoms with Gasteiger partial charge in [-0.25, -0.2) is 14.5 Å². The van der Waals surface area contributed by atoms with E-state index in [-0.39, 0.29) is 5.91 Å². The summed E-state index contributed by atoms with van der Waals surface area (Å²) >= 11 is 1.50. The quantitative estimate of drug-likeness (QED) is 0.670. The number of fused-ring (bicyclic) bond motifs is 3. The number of ether oxygens (including phenoxy) is 1. The first kappa shape index (κ1) is 15.3. The number of nitrogens with zero attached hydrogens (tertiary/aromatic N) is 5. The zero-order chi connectivity index (χ0) is 16.4. The number of rotatable bonds is 4. The van der Waals surface area contributed by atoms with Crippen molar-refractivity contribution < 1.29 is 9.53 Å². The maximum absolute atomic E-state index is 12.1. The number of benzene rings is 1. The van der Waals surface area contributed by atoms with Crippen LogP contribution in [-0.4, -0.2) is 62.4 Å². The predicted molar refractivity (Wildman–Crippen MR) is 91.0 cm³/mol. The Morgan fingerprint density at radius 1 is 1.25 bits per heavy atom. The molecule has 1 aliphatic rings. The van der Waals surface area contributed by atoms with E-state index in [1.54, 1.807) is 10.8 Å². The molecule has 1 fully saturated rings. The summed E-state index contributed by atoms with van der Waals surface area (Å²) < 4.78 is 6.95. The lowest BCUT2D eigenvalue weighted by Gasteiger charge is -2.26. The molecule has 0 unspecified atom stereocenters. The summed E-state index contributed by atoms with van der Waals surface area (Å²) in [5.41, 5.74) is 1.69. The number of hydrogen-bond donors (Lipinski definition) is 0. The highest BCUT2D eigenvalue weighted by molar-refractivity contribution is 7.99. The number of carbonyl (C=O) groups is 1. The molecule has 1 aromatic carbocycles. The Balaban J connectivity index is 1.43. The van der Waals surface area contributed by atoms with Gasteiger partial charge in [-0.3, -0.25) is 4.79 Å².